The van der Waals surface area contributed by atoms with Crippen molar-refractivity contribution in [2.75, 3.05) is 18.5 Å². The van der Waals surface area contributed by atoms with Gasteiger partial charge in [0.2, 0.25) is 0 Å². The van der Waals surface area contributed by atoms with Crippen LogP contribution in [-0.4, -0.2) is 29.2 Å². The number of benzene rings is 2. The Kier molecular flexibility index (Phi) is 7.92. The van der Waals surface area contributed by atoms with Crippen LogP contribution in [0.25, 0.3) is 0 Å². The molecular weight excluding hydrogens is 394 g/mol. The fourth-order valence-corrected chi connectivity index (χ4v) is 2.19. The summed E-state index contributed by atoms with van der Waals surface area (Å²) >= 11 is 5.17. The largest absolute Gasteiger partial charge is 0.460 e. The average Bonchev–Trinajstić information content (AvgIpc) is 2.70. The van der Waals surface area contributed by atoms with Crippen LogP contribution in [0.2, 0.25) is 0 Å². The average molecular weight is 413 g/mol. The van der Waals surface area contributed by atoms with Crippen molar-refractivity contribution < 1.29 is 14.5 Å². The van der Waals surface area contributed by atoms with E-state index in [1.54, 1.807) is 31.2 Å². The fraction of sp³-hybridized carbons (Fsp3) is 0.158. The number of nitro groups is 1. The van der Waals surface area contributed by atoms with E-state index in [1.165, 1.54) is 24.3 Å². The third-order valence-electron chi connectivity index (χ3n) is 3.44. The van der Waals surface area contributed by atoms with E-state index in [9.17, 15) is 14.9 Å². The zero-order valence-electron chi connectivity index (χ0n) is 15.6. The van der Waals surface area contributed by atoms with Crippen LogP contribution in [0, 0.1) is 10.1 Å². The van der Waals surface area contributed by atoms with Gasteiger partial charge >= 0.3 is 5.97 Å². The lowest BCUT2D eigenvalue weighted by Crippen LogP contribution is -2.31. The molecule has 0 aliphatic rings. The molecule has 0 unspecified atom stereocenters. The van der Waals surface area contributed by atoms with Crippen LogP contribution in [-0.2, 0) is 9.53 Å². The summed E-state index contributed by atoms with van der Waals surface area (Å²) in [7, 11) is 0. The van der Waals surface area contributed by atoms with Crippen LogP contribution < -0.4 is 10.6 Å². The number of carbonyl (C=O) groups is 1. The number of non-ortho nitro benzene ring substituents is 1. The first-order valence-electron chi connectivity index (χ1n) is 8.49. The smallest absolute Gasteiger partial charge is 0.333 e. The number of nitro benzene ring substituents is 1. The molecule has 2 aromatic carbocycles. The van der Waals surface area contributed by atoms with Gasteiger partial charge in [-0.25, -0.2) is 4.79 Å². The number of nitrogens with one attached hydrogen (secondary N) is 2. The highest BCUT2D eigenvalue weighted by molar-refractivity contribution is 7.80. The van der Waals surface area contributed by atoms with Crippen molar-refractivity contribution in [1.29, 1.82) is 0 Å². The molecule has 29 heavy (non-hydrogen) atoms. The minimum atomic E-state index is -0.472. The number of esters is 1. The highest BCUT2D eigenvalue weighted by Gasteiger charge is 2.04. The molecule has 0 spiro atoms. The van der Waals surface area contributed by atoms with Crippen molar-refractivity contribution in [2.45, 2.75) is 6.92 Å². The van der Waals surface area contributed by atoms with Gasteiger partial charge in [-0.3, -0.25) is 10.1 Å². The molecule has 0 amide bonds. The third-order valence-corrected chi connectivity index (χ3v) is 3.68. The van der Waals surface area contributed by atoms with Gasteiger partial charge in [0.15, 0.2) is 5.11 Å². The molecule has 9 nitrogen and oxygen atoms in total. The predicted molar refractivity (Wildman–Crippen MR) is 114 cm³/mol. The molecule has 0 radical (unpaired) electrons. The molecule has 0 saturated heterocycles. The molecule has 150 valence electrons. The second-order valence-corrected chi connectivity index (χ2v) is 6.23. The molecule has 2 N–H and O–H groups in total. The summed E-state index contributed by atoms with van der Waals surface area (Å²) in [5.74, 6) is -0.441. The zero-order valence-corrected chi connectivity index (χ0v) is 16.4. The highest BCUT2D eigenvalue weighted by atomic mass is 32.1. The van der Waals surface area contributed by atoms with Crippen LogP contribution in [0.1, 0.15) is 6.92 Å². The fourth-order valence-electron chi connectivity index (χ4n) is 1.97. The van der Waals surface area contributed by atoms with E-state index in [4.69, 9.17) is 17.0 Å². The van der Waals surface area contributed by atoms with Gasteiger partial charge in [0.05, 0.1) is 22.8 Å². The molecule has 0 aromatic heterocycles. The maximum absolute atomic E-state index is 11.3. The number of hydrogen-bond donors (Lipinski definition) is 2. The van der Waals surface area contributed by atoms with Gasteiger partial charge in [-0.15, -0.1) is 0 Å². The number of azo groups is 1. The number of thiocarbonyl (C=S) groups is 1. The first-order chi connectivity index (χ1) is 13.8. The maximum Gasteiger partial charge on any atom is 0.333 e. The molecule has 0 heterocycles. The van der Waals surface area contributed by atoms with Crippen molar-refractivity contribution in [1.82, 2.24) is 5.32 Å². The van der Waals surface area contributed by atoms with Crippen LogP contribution in [0.3, 0.4) is 0 Å². The van der Waals surface area contributed by atoms with E-state index < -0.39 is 10.9 Å². The van der Waals surface area contributed by atoms with Gasteiger partial charge in [-0.2, -0.15) is 10.2 Å². The molecular formula is C19H19N5O4S. The van der Waals surface area contributed by atoms with E-state index in [0.29, 0.717) is 28.6 Å². The van der Waals surface area contributed by atoms with Gasteiger partial charge in [0.1, 0.15) is 6.61 Å². The number of rotatable bonds is 8. The normalized spacial score (nSPS) is 10.4. The Labute approximate surface area is 172 Å². The quantitative estimate of drug-likeness (QED) is 0.125. The lowest BCUT2D eigenvalue weighted by atomic mass is 10.3. The molecule has 0 atom stereocenters. The first kappa shape index (κ1) is 21.6. The lowest BCUT2D eigenvalue weighted by molar-refractivity contribution is -0.384. The standard InChI is InChI=1S/C19H19N5O4S/c1-13(2)18(25)28-12-11-20-19(29)21-14-3-5-15(6-4-14)22-23-16-7-9-17(10-8-16)24(26)27/h3-10H,1,11-12H2,2H3,(H2,20,21,29)/b23-22+. The van der Waals surface area contributed by atoms with Crippen molar-refractivity contribution in [2.24, 2.45) is 10.2 Å². The van der Waals surface area contributed by atoms with E-state index in [-0.39, 0.29) is 12.3 Å². The van der Waals surface area contributed by atoms with Crippen molar-refractivity contribution in [3.05, 3.63) is 70.8 Å². The Bertz CT molecular complexity index is 927. The Hall–Kier alpha value is -3.66. The minimum Gasteiger partial charge on any atom is -0.460 e. The second-order valence-electron chi connectivity index (χ2n) is 5.82. The van der Waals surface area contributed by atoms with Crippen LogP contribution in [0.4, 0.5) is 22.7 Å². The van der Waals surface area contributed by atoms with Crippen molar-refractivity contribution in [3.63, 3.8) is 0 Å². The number of nitrogens with zero attached hydrogens (tertiary/aromatic N) is 3. The van der Waals surface area contributed by atoms with E-state index >= 15 is 0 Å². The number of ether oxygens (including phenoxy) is 1. The van der Waals surface area contributed by atoms with Crippen LogP contribution in [0.15, 0.2) is 70.9 Å². The summed E-state index contributed by atoms with van der Waals surface area (Å²) in [5.41, 5.74) is 2.21. The Morgan fingerprint density at radius 3 is 2.21 bits per heavy atom. The van der Waals surface area contributed by atoms with Gasteiger partial charge in [0, 0.05) is 23.4 Å². The predicted octanol–water partition coefficient (Wildman–Crippen LogP) is 4.42. The Morgan fingerprint density at radius 1 is 1.14 bits per heavy atom. The molecule has 10 heteroatoms. The number of carbonyl (C=O) groups excluding carboxylic acids is 1. The van der Waals surface area contributed by atoms with Crippen molar-refractivity contribution in [3.8, 4) is 0 Å². The second kappa shape index (κ2) is 10.6. The zero-order chi connectivity index (χ0) is 21.2. The molecule has 0 aliphatic carbocycles. The Morgan fingerprint density at radius 2 is 1.69 bits per heavy atom. The van der Waals surface area contributed by atoms with E-state index in [2.05, 4.69) is 27.4 Å². The molecule has 0 aliphatic heterocycles. The highest BCUT2D eigenvalue weighted by Crippen LogP contribution is 2.22. The molecule has 0 bridgehead atoms. The van der Waals surface area contributed by atoms with Crippen molar-refractivity contribution >= 4 is 46.0 Å². The van der Waals surface area contributed by atoms with Crippen LogP contribution >= 0.6 is 12.2 Å². The molecule has 0 fully saturated rings. The number of hydrogen-bond acceptors (Lipinski definition) is 7. The summed E-state index contributed by atoms with van der Waals surface area (Å²) in [5, 5.41) is 25.1. The maximum atomic E-state index is 11.3. The molecule has 2 rings (SSSR count). The van der Waals surface area contributed by atoms with Gasteiger partial charge in [0.25, 0.3) is 5.69 Å². The SMILES string of the molecule is C=C(C)C(=O)OCCNC(=S)Nc1ccc(/N=N/c2ccc([N+](=O)[O-])cc2)cc1. The summed E-state index contributed by atoms with van der Waals surface area (Å²) < 4.78 is 4.96. The first-order valence-corrected chi connectivity index (χ1v) is 8.90. The molecule has 2 aromatic rings. The topological polar surface area (TPSA) is 118 Å². The van der Waals surface area contributed by atoms with Gasteiger partial charge in [-0.05, 0) is 55.5 Å². The summed E-state index contributed by atoms with van der Waals surface area (Å²) in [6, 6.07) is 12.8. The molecule has 0 saturated carbocycles. The van der Waals surface area contributed by atoms with E-state index in [0.717, 1.165) is 5.69 Å². The summed E-state index contributed by atoms with van der Waals surface area (Å²) in [6.45, 7) is 5.62. The third kappa shape index (κ3) is 7.46. The van der Waals surface area contributed by atoms with E-state index in [1.807, 2.05) is 0 Å². The number of anilines is 1. The van der Waals surface area contributed by atoms with Crippen LogP contribution in [0.5, 0.6) is 0 Å². The summed E-state index contributed by atoms with van der Waals surface area (Å²) in [4.78, 5) is 21.4. The monoisotopic (exact) mass is 413 g/mol. The Balaban J connectivity index is 1.80. The van der Waals surface area contributed by atoms with Gasteiger partial charge in [-0.1, -0.05) is 6.58 Å². The van der Waals surface area contributed by atoms with Gasteiger partial charge < -0.3 is 15.4 Å². The minimum absolute atomic E-state index is 0.00191. The summed E-state index contributed by atoms with van der Waals surface area (Å²) in [6.07, 6.45) is 0. The lowest BCUT2D eigenvalue weighted by Gasteiger charge is -2.11.